The zero-order valence-corrected chi connectivity index (χ0v) is 19.2. The predicted molar refractivity (Wildman–Crippen MR) is 115 cm³/mol. The second-order valence-electron chi connectivity index (χ2n) is 6.64. The number of nitrogens with two attached hydrogens (primary N) is 1. The molecule has 1 aliphatic rings. The topological polar surface area (TPSA) is 137 Å². The molecule has 13 heteroatoms. The molecule has 4 N–H and O–H groups in total. The Labute approximate surface area is 198 Å². The van der Waals surface area contributed by atoms with Gasteiger partial charge in [-0.05, 0) is 18.6 Å². The summed E-state index contributed by atoms with van der Waals surface area (Å²) >= 11 is 6.39. The summed E-state index contributed by atoms with van der Waals surface area (Å²) in [7, 11) is 2.56. The van der Waals surface area contributed by atoms with E-state index in [2.05, 4.69) is 5.32 Å². The van der Waals surface area contributed by atoms with Crippen molar-refractivity contribution in [2.45, 2.75) is 19.0 Å². The van der Waals surface area contributed by atoms with Crippen molar-refractivity contribution >= 4 is 29.5 Å². The number of carboxylic acid groups (broad SMARTS) is 1. The lowest BCUT2D eigenvalue weighted by Crippen LogP contribution is -2.34. The van der Waals surface area contributed by atoms with Crippen LogP contribution in [0.3, 0.4) is 0 Å². The average molecular weight is 509 g/mol. The van der Waals surface area contributed by atoms with Crippen LogP contribution in [0, 0.1) is 0 Å². The molecule has 1 aromatic rings. The summed E-state index contributed by atoms with van der Waals surface area (Å²) in [6, 6.07) is 7.01. The number of allylic oxidation sites excluding steroid dienone is 1. The molecule has 1 aromatic carbocycles. The number of benzene rings is 1. The van der Waals surface area contributed by atoms with Gasteiger partial charge in [-0.15, -0.1) is 0 Å². The van der Waals surface area contributed by atoms with E-state index in [0.29, 0.717) is 35.1 Å². The number of carboxylic acids is 1. The van der Waals surface area contributed by atoms with E-state index in [4.69, 9.17) is 41.4 Å². The van der Waals surface area contributed by atoms with Gasteiger partial charge in [-0.25, -0.2) is 14.4 Å². The predicted octanol–water partition coefficient (Wildman–Crippen LogP) is 2.51. The van der Waals surface area contributed by atoms with E-state index < -0.39 is 30.0 Å². The highest BCUT2D eigenvalue weighted by Crippen LogP contribution is 2.41. The maximum atomic E-state index is 12.7. The van der Waals surface area contributed by atoms with Gasteiger partial charge in [0.1, 0.15) is 0 Å². The fraction of sp³-hybridized carbons (Fsp3) is 0.381. The summed E-state index contributed by atoms with van der Waals surface area (Å²) in [5.74, 6) is -4.66. The second-order valence-corrected chi connectivity index (χ2v) is 7.04. The molecule has 1 aliphatic heterocycles. The standard InChI is InChI=1S/C19H23ClN2O5.C2HF3O2/c1-11-15(18(23)25-2)16(12-6-4-5-7-13(12)20)17(19(24)26-3)14(22-11)10-27-9-8-21;3-2(4,5)1(6)7/h4-7,16,22H,8-10,21H2,1-3H3;(H,6,7). The van der Waals surface area contributed by atoms with Crippen molar-refractivity contribution in [3.8, 4) is 0 Å². The van der Waals surface area contributed by atoms with E-state index >= 15 is 0 Å². The van der Waals surface area contributed by atoms with Crippen LogP contribution in [0.1, 0.15) is 18.4 Å². The van der Waals surface area contributed by atoms with Crippen LogP contribution in [0.2, 0.25) is 5.02 Å². The van der Waals surface area contributed by atoms with Crippen molar-refractivity contribution in [1.29, 1.82) is 0 Å². The lowest BCUT2D eigenvalue weighted by Gasteiger charge is -2.31. The average Bonchev–Trinajstić information content (AvgIpc) is 2.78. The molecule has 0 amide bonds. The molecule has 9 nitrogen and oxygen atoms in total. The molecule has 1 unspecified atom stereocenters. The molecule has 0 saturated heterocycles. The Morgan fingerprint density at radius 2 is 1.65 bits per heavy atom. The summed E-state index contributed by atoms with van der Waals surface area (Å²) in [6.07, 6.45) is -5.08. The number of methoxy groups -OCH3 is 2. The van der Waals surface area contributed by atoms with E-state index in [0.717, 1.165) is 0 Å². The highest BCUT2D eigenvalue weighted by molar-refractivity contribution is 6.31. The van der Waals surface area contributed by atoms with Gasteiger partial charge in [-0.2, -0.15) is 13.2 Å². The number of halogens is 4. The molecule has 0 aromatic heterocycles. The molecule has 188 valence electrons. The molecule has 2 rings (SSSR count). The molecule has 0 radical (unpaired) electrons. The van der Waals surface area contributed by atoms with Gasteiger partial charge in [0.2, 0.25) is 0 Å². The van der Waals surface area contributed by atoms with Crippen LogP contribution in [-0.2, 0) is 28.6 Å². The fourth-order valence-electron chi connectivity index (χ4n) is 3.02. The lowest BCUT2D eigenvalue weighted by atomic mass is 9.80. The van der Waals surface area contributed by atoms with Crippen molar-refractivity contribution in [2.24, 2.45) is 5.73 Å². The van der Waals surface area contributed by atoms with E-state index in [-0.39, 0.29) is 17.8 Å². The minimum Gasteiger partial charge on any atom is -0.475 e. The Balaban J connectivity index is 0.000000718. The fourth-order valence-corrected chi connectivity index (χ4v) is 3.26. The van der Waals surface area contributed by atoms with Crippen LogP contribution in [-0.4, -0.2) is 63.2 Å². The summed E-state index contributed by atoms with van der Waals surface area (Å²) in [5.41, 5.74) is 7.63. The number of alkyl halides is 3. The molecule has 1 atom stereocenters. The van der Waals surface area contributed by atoms with Gasteiger partial charge < -0.3 is 30.4 Å². The van der Waals surface area contributed by atoms with Crippen LogP contribution in [0.4, 0.5) is 13.2 Å². The first kappa shape index (κ1) is 28.9. The number of carbonyl (C=O) groups excluding carboxylic acids is 2. The molecule has 0 fully saturated rings. The van der Waals surface area contributed by atoms with Crippen molar-refractivity contribution in [3.05, 3.63) is 57.4 Å². The smallest absolute Gasteiger partial charge is 0.475 e. The summed E-state index contributed by atoms with van der Waals surface area (Å²) in [4.78, 5) is 34.1. The van der Waals surface area contributed by atoms with Crippen LogP contribution in [0.15, 0.2) is 46.8 Å². The third-order valence-corrected chi connectivity index (χ3v) is 4.77. The zero-order chi connectivity index (χ0) is 26.1. The van der Waals surface area contributed by atoms with Crippen LogP contribution in [0.5, 0.6) is 0 Å². The van der Waals surface area contributed by atoms with Gasteiger partial charge in [0.15, 0.2) is 0 Å². The normalized spacial score (nSPS) is 15.7. The molecule has 0 bridgehead atoms. The Bertz CT molecular complexity index is 977. The van der Waals surface area contributed by atoms with E-state index in [1.54, 1.807) is 31.2 Å². The number of hydrogen-bond acceptors (Lipinski definition) is 8. The summed E-state index contributed by atoms with van der Waals surface area (Å²) < 4.78 is 47.2. The van der Waals surface area contributed by atoms with Crippen molar-refractivity contribution in [1.82, 2.24) is 5.32 Å². The maximum absolute atomic E-state index is 12.7. The molecule has 0 saturated carbocycles. The molecule has 0 aliphatic carbocycles. The van der Waals surface area contributed by atoms with Crippen LogP contribution < -0.4 is 11.1 Å². The number of rotatable bonds is 7. The van der Waals surface area contributed by atoms with E-state index in [1.807, 2.05) is 0 Å². The Kier molecular flexibility index (Phi) is 11.0. The minimum absolute atomic E-state index is 0.106. The van der Waals surface area contributed by atoms with Gasteiger partial charge in [-0.3, -0.25) is 0 Å². The molecular weight excluding hydrogens is 485 g/mol. The SMILES string of the molecule is COC(=O)C1=C(C)NC(COCCN)=C(C(=O)OC)C1c1ccccc1Cl.O=C(O)C(F)(F)F. The third-order valence-electron chi connectivity index (χ3n) is 4.42. The third kappa shape index (κ3) is 7.47. The number of carbonyl (C=O) groups is 3. The number of dihydropyridines is 1. The van der Waals surface area contributed by atoms with Gasteiger partial charge >= 0.3 is 24.1 Å². The Hall–Kier alpha value is -3.09. The molecule has 0 spiro atoms. The quantitative estimate of drug-likeness (QED) is 0.374. The van der Waals surface area contributed by atoms with Crippen molar-refractivity contribution < 1.29 is 46.9 Å². The Morgan fingerprint density at radius 1 is 1.12 bits per heavy atom. The second kappa shape index (κ2) is 13.0. The maximum Gasteiger partial charge on any atom is 0.490 e. The van der Waals surface area contributed by atoms with Gasteiger partial charge in [0.25, 0.3) is 0 Å². The number of esters is 2. The van der Waals surface area contributed by atoms with Gasteiger partial charge in [0.05, 0.1) is 50.2 Å². The number of hydrogen-bond donors (Lipinski definition) is 3. The lowest BCUT2D eigenvalue weighted by molar-refractivity contribution is -0.192. The van der Waals surface area contributed by atoms with E-state index in [1.165, 1.54) is 14.2 Å². The van der Waals surface area contributed by atoms with Gasteiger partial charge in [-0.1, -0.05) is 29.8 Å². The zero-order valence-electron chi connectivity index (χ0n) is 18.5. The van der Waals surface area contributed by atoms with E-state index in [9.17, 15) is 22.8 Å². The first-order valence-corrected chi connectivity index (χ1v) is 9.98. The summed E-state index contributed by atoms with van der Waals surface area (Å²) in [5, 5.41) is 10.6. The van der Waals surface area contributed by atoms with Crippen molar-refractivity contribution in [2.75, 3.05) is 34.0 Å². The highest BCUT2D eigenvalue weighted by atomic mass is 35.5. The van der Waals surface area contributed by atoms with Crippen LogP contribution in [0.25, 0.3) is 0 Å². The largest absolute Gasteiger partial charge is 0.490 e. The number of nitrogens with one attached hydrogen (secondary N) is 1. The first-order valence-electron chi connectivity index (χ1n) is 9.60. The highest BCUT2D eigenvalue weighted by Gasteiger charge is 2.39. The summed E-state index contributed by atoms with van der Waals surface area (Å²) in [6.45, 7) is 2.50. The monoisotopic (exact) mass is 508 g/mol. The van der Waals surface area contributed by atoms with Gasteiger partial charge in [0, 0.05) is 17.3 Å². The molecular formula is C21H24ClF3N2O7. The Morgan fingerprint density at radius 3 is 2.12 bits per heavy atom. The molecule has 34 heavy (non-hydrogen) atoms. The van der Waals surface area contributed by atoms with Crippen LogP contribution >= 0.6 is 11.6 Å². The first-order chi connectivity index (χ1) is 15.9. The van der Waals surface area contributed by atoms with Crippen molar-refractivity contribution in [3.63, 3.8) is 0 Å². The minimum atomic E-state index is -5.08. The number of aliphatic carboxylic acids is 1. The number of ether oxygens (including phenoxy) is 3. The molecule has 1 heterocycles.